The Morgan fingerprint density at radius 3 is 2.62 bits per heavy atom. The highest BCUT2D eigenvalue weighted by molar-refractivity contribution is 9.10. The van der Waals surface area contributed by atoms with Crippen LogP contribution in [-0.2, 0) is 16.2 Å². The molecule has 0 aliphatic carbocycles. The van der Waals surface area contributed by atoms with E-state index in [0.29, 0.717) is 31.5 Å². The van der Waals surface area contributed by atoms with Gasteiger partial charge >= 0.3 is 0 Å². The number of rotatable bonds is 7. The summed E-state index contributed by atoms with van der Waals surface area (Å²) >= 11 is 16.4. The number of aryl methyl sites for hydroxylation is 1. The lowest BCUT2D eigenvalue weighted by Crippen LogP contribution is -2.36. The summed E-state index contributed by atoms with van der Waals surface area (Å²) in [5.74, 6) is -0.374. The summed E-state index contributed by atoms with van der Waals surface area (Å²) in [6.45, 7) is 3.73. The fourth-order valence-corrected chi connectivity index (χ4v) is 5.34. The molecule has 3 aromatic rings. The normalized spacial score (nSPS) is 14.4. The van der Waals surface area contributed by atoms with Gasteiger partial charge in [0.25, 0.3) is 11.1 Å². The van der Waals surface area contributed by atoms with Crippen molar-refractivity contribution in [3.63, 3.8) is 0 Å². The van der Waals surface area contributed by atoms with E-state index in [4.69, 9.17) is 27.9 Å². The molecule has 10 heteroatoms. The fourth-order valence-electron chi connectivity index (χ4n) is 3.53. The second kappa shape index (κ2) is 11.7. The average molecular weight is 620 g/mol. The number of halogens is 3. The molecule has 3 aromatic carbocycles. The third-order valence-electron chi connectivity index (χ3n) is 5.71. The Bertz CT molecular complexity index is 1440. The molecule has 0 radical (unpaired) electrons. The molecule has 0 saturated carbocycles. The molecule has 0 atom stereocenters. The second-order valence-electron chi connectivity index (χ2n) is 8.28. The molecule has 4 rings (SSSR count). The summed E-state index contributed by atoms with van der Waals surface area (Å²) in [4.78, 5) is 39.1. The van der Waals surface area contributed by atoms with Crippen molar-refractivity contribution in [1.82, 2.24) is 4.90 Å². The Kier molecular flexibility index (Phi) is 8.64. The first kappa shape index (κ1) is 27.3. The lowest BCUT2D eigenvalue weighted by molar-refractivity contribution is -0.127. The minimum absolute atomic E-state index is 0.234. The zero-order valence-corrected chi connectivity index (χ0v) is 23.7. The third kappa shape index (κ3) is 6.57. The average Bonchev–Trinajstić information content (AvgIpc) is 3.09. The predicted molar refractivity (Wildman–Crippen MR) is 152 cm³/mol. The molecule has 3 amide bonds. The van der Waals surface area contributed by atoms with Crippen molar-refractivity contribution >= 4 is 79.7 Å². The minimum atomic E-state index is -0.514. The number of hydrogen-bond acceptors (Lipinski definition) is 5. The highest BCUT2D eigenvalue weighted by atomic mass is 79.9. The van der Waals surface area contributed by atoms with Crippen molar-refractivity contribution in [3.05, 3.63) is 96.3 Å². The van der Waals surface area contributed by atoms with Crippen LogP contribution in [0.4, 0.5) is 10.5 Å². The Hall–Kier alpha value is -2.78. The topological polar surface area (TPSA) is 75.7 Å². The number of amides is 3. The number of carbonyl (C=O) groups is 3. The van der Waals surface area contributed by atoms with Crippen LogP contribution in [0.2, 0.25) is 10.0 Å². The highest BCUT2D eigenvalue weighted by Crippen LogP contribution is 2.34. The van der Waals surface area contributed by atoms with Crippen LogP contribution >= 0.6 is 50.9 Å². The lowest BCUT2D eigenvalue weighted by atomic mass is 10.1. The monoisotopic (exact) mass is 618 g/mol. The maximum Gasteiger partial charge on any atom is 0.294 e. The molecular weight excluding hydrogens is 599 g/mol. The summed E-state index contributed by atoms with van der Waals surface area (Å²) in [7, 11) is 0. The molecule has 0 bridgehead atoms. The number of imide groups is 1. The number of carbonyl (C=O) groups excluding carboxylic acids is 3. The Morgan fingerprint density at radius 2 is 1.89 bits per heavy atom. The molecule has 190 valence electrons. The van der Waals surface area contributed by atoms with Gasteiger partial charge in [-0.3, -0.25) is 19.3 Å². The van der Waals surface area contributed by atoms with E-state index in [9.17, 15) is 14.4 Å². The second-order valence-corrected chi connectivity index (χ2v) is 11.0. The zero-order chi connectivity index (χ0) is 26.7. The van der Waals surface area contributed by atoms with Gasteiger partial charge in [0.1, 0.15) is 18.9 Å². The summed E-state index contributed by atoms with van der Waals surface area (Å²) < 4.78 is 6.52. The van der Waals surface area contributed by atoms with Crippen molar-refractivity contribution in [2.75, 3.05) is 11.9 Å². The molecule has 1 saturated heterocycles. The van der Waals surface area contributed by atoms with E-state index >= 15 is 0 Å². The van der Waals surface area contributed by atoms with Gasteiger partial charge in [0.15, 0.2) is 0 Å². The van der Waals surface area contributed by atoms with Gasteiger partial charge < -0.3 is 10.1 Å². The minimum Gasteiger partial charge on any atom is -0.488 e. The van der Waals surface area contributed by atoms with Gasteiger partial charge in [-0.15, -0.1) is 0 Å². The van der Waals surface area contributed by atoms with Crippen LogP contribution in [0.3, 0.4) is 0 Å². The summed E-state index contributed by atoms with van der Waals surface area (Å²) in [6.07, 6.45) is 1.61. The standard InChI is InChI=1S/C27H21BrCl2N2O4S/c1-15-4-3-5-22(16(15)2)31-25(33)13-32-26(34)24(37-27(32)35)11-17-6-9-23(20(28)10-17)36-14-18-7-8-19(29)12-21(18)30/h3-12H,13-14H2,1-2H3,(H,31,33)/b24-11+. The number of hydrogen-bond donors (Lipinski definition) is 1. The maximum atomic E-state index is 12.9. The molecule has 1 heterocycles. The summed E-state index contributed by atoms with van der Waals surface area (Å²) in [6, 6.07) is 16.0. The van der Waals surface area contributed by atoms with E-state index in [1.165, 1.54) is 0 Å². The van der Waals surface area contributed by atoms with Gasteiger partial charge in [-0.25, -0.2) is 0 Å². The van der Waals surface area contributed by atoms with Gasteiger partial charge in [0.05, 0.1) is 9.38 Å². The molecular formula is C27H21BrCl2N2O4S. The molecule has 6 nitrogen and oxygen atoms in total. The van der Waals surface area contributed by atoms with Crippen LogP contribution < -0.4 is 10.1 Å². The van der Waals surface area contributed by atoms with Gasteiger partial charge in [-0.1, -0.05) is 47.5 Å². The van der Waals surface area contributed by atoms with Crippen molar-refractivity contribution in [3.8, 4) is 5.75 Å². The van der Waals surface area contributed by atoms with Gasteiger partial charge in [0.2, 0.25) is 5.91 Å². The number of anilines is 1. The molecule has 1 N–H and O–H groups in total. The smallest absolute Gasteiger partial charge is 0.294 e. The molecule has 1 aliphatic heterocycles. The third-order valence-corrected chi connectivity index (χ3v) is 7.82. The molecule has 0 spiro atoms. The zero-order valence-electron chi connectivity index (χ0n) is 19.8. The predicted octanol–water partition coefficient (Wildman–Crippen LogP) is 7.63. The van der Waals surface area contributed by atoms with Crippen molar-refractivity contribution in [1.29, 1.82) is 0 Å². The maximum absolute atomic E-state index is 12.9. The van der Waals surface area contributed by atoms with E-state index in [1.807, 2.05) is 26.0 Å². The van der Waals surface area contributed by atoms with E-state index in [1.54, 1.807) is 48.5 Å². The Balaban J connectivity index is 1.41. The molecule has 1 aliphatic rings. The van der Waals surface area contributed by atoms with Crippen molar-refractivity contribution in [2.24, 2.45) is 0 Å². The first-order valence-electron chi connectivity index (χ1n) is 11.1. The van der Waals surface area contributed by atoms with Crippen molar-refractivity contribution in [2.45, 2.75) is 20.5 Å². The summed E-state index contributed by atoms with van der Waals surface area (Å²) in [5.41, 5.74) is 4.09. The van der Waals surface area contributed by atoms with Crippen LogP contribution in [0, 0.1) is 13.8 Å². The summed E-state index contributed by atoms with van der Waals surface area (Å²) in [5, 5.41) is 3.34. The van der Waals surface area contributed by atoms with E-state index < -0.39 is 17.1 Å². The van der Waals surface area contributed by atoms with Crippen LogP contribution in [0.1, 0.15) is 22.3 Å². The number of nitrogens with zero attached hydrogens (tertiary/aromatic N) is 1. The van der Waals surface area contributed by atoms with Crippen LogP contribution in [0.15, 0.2) is 64.0 Å². The Morgan fingerprint density at radius 1 is 1.11 bits per heavy atom. The molecule has 37 heavy (non-hydrogen) atoms. The van der Waals surface area contributed by atoms with E-state index in [2.05, 4.69) is 21.2 Å². The molecule has 0 aromatic heterocycles. The van der Waals surface area contributed by atoms with Crippen molar-refractivity contribution < 1.29 is 19.1 Å². The SMILES string of the molecule is Cc1cccc(NC(=O)CN2C(=O)S/C(=C/c3ccc(OCc4ccc(Cl)cc4Cl)c(Br)c3)C2=O)c1C. The number of nitrogens with one attached hydrogen (secondary N) is 1. The van der Waals surface area contributed by atoms with E-state index in [0.717, 1.165) is 33.4 Å². The van der Waals surface area contributed by atoms with Crippen LogP contribution in [-0.4, -0.2) is 28.5 Å². The number of benzene rings is 3. The van der Waals surface area contributed by atoms with Crippen LogP contribution in [0.5, 0.6) is 5.75 Å². The largest absolute Gasteiger partial charge is 0.488 e. The van der Waals surface area contributed by atoms with E-state index in [-0.39, 0.29) is 18.1 Å². The first-order valence-corrected chi connectivity index (χ1v) is 13.5. The fraction of sp³-hybridized carbons (Fsp3) is 0.148. The lowest BCUT2D eigenvalue weighted by Gasteiger charge is -2.14. The molecule has 1 fully saturated rings. The van der Waals surface area contributed by atoms with Gasteiger partial charge in [-0.05, 0) is 94.6 Å². The number of ether oxygens (including phenoxy) is 1. The Labute approximate surface area is 237 Å². The first-order chi connectivity index (χ1) is 17.6. The highest BCUT2D eigenvalue weighted by Gasteiger charge is 2.36. The quantitative estimate of drug-likeness (QED) is 0.275. The van der Waals surface area contributed by atoms with Gasteiger partial charge in [-0.2, -0.15) is 0 Å². The number of thioether (sulfide) groups is 1. The van der Waals surface area contributed by atoms with Gasteiger partial charge in [0, 0.05) is 21.3 Å². The molecule has 0 unspecified atom stereocenters. The van der Waals surface area contributed by atoms with Crippen LogP contribution in [0.25, 0.3) is 6.08 Å².